The summed E-state index contributed by atoms with van der Waals surface area (Å²) in [5, 5.41) is 0. The zero-order valence-electron chi connectivity index (χ0n) is 17.0. The number of hydrogen-bond acceptors (Lipinski definition) is 3. The van der Waals surface area contributed by atoms with Crippen LogP contribution in [0.25, 0.3) is 0 Å². The lowest BCUT2D eigenvalue weighted by molar-refractivity contribution is 0.354. The Kier molecular flexibility index (Phi) is 9.99. The average molecular weight is 357 g/mol. The lowest BCUT2D eigenvalue weighted by Crippen LogP contribution is -1.92. The predicted molar refractivity (Wildman–Crippen MR) is 110 cm³/mol. The topological polar surface area (TPSA) is 27.7 Å². The zero-order chi connectivity index (χ0) is 19.4. The maximum atomic E-state index is 5.33. The highest BCUT2D eigenvalue weighted by Crippen LogP contribution is 2.27. The molecule has 0 aliphatic carbocycles. The Balaban J connectivity index is 0.00000105. The molecule has 26 heavy (non-hydrogen) atoms. The van der Waals surface area contributed by atoms with Crippen molar-refractivity contribution in [1.29, 1.82) is 0 Å². The molecule has 0 amide bonds. The van der Waals surface area contributed by atoms with Crippen LogP contribution in [0.5, 0.6) is 17.2 Å². The third kappa shape index (κ3) is 6.83. The van der Waals surface area contributed by atoms with Crippen molar-refractivity contribution in [2.24, 2.45) is 0 Å². The number of benzene rings is 2. The maximum absolute atomic E-state index is 5.33. The lowest BCUT2D eigenvalue weighted by Gasteiger charge is -2.08. The van der Waals surface area contributed by atoms with E-state index < -0.39 is 0 Å². The van der Waals surface area contributed by atoms with E-state index in [1.807, 2.05) is 18.2 Å². The molecule has 0 radical (unpaired) electrons. The van der Waals surface area contributed by atoms with Gasteiger partial charge < -0.3 is 14.2 Å². The summed E-state index contributed by atoms with van der Waals surface area (Å²) in [4.78, 5) is 0. The van der Waals surface area contributed by atoms with Crippen LogP contribution >= 0.6 is 0 Å². The molecule has 0 saturated carbocycles. The quantitative estimate of drug-likeness (QED) is 0.589. The van der Waals surface area contributed by atoms with Crippen LogP contribution in [0, 0.1) is 6.92 Å². The van der Waals surface area contributed by atoms with Crippen molar-refractivity contribution in [3.05, 3.63) is 65.2 Å². The number of methoxy groups -OCH3 is 3. The van der Waals surface area contributed by atoms with Crippen LogP contribution in [0.4, 0.5) is 0 Å². The number of rotatable bonds is 7. The smallest absolute Gasteiger partial charge is 0.160 e. The monoisotopic (exact) mass is 356 g/mol. The van der Waals surface area contributed by atoms with E-state index in [9.17, 15) is 0 Å². The van der Waals surface area contributed by atoms with Gasteiger partial charge in [0.05, 0.1) is 21.3 Å². The van der Waals surface area contributed by atoms with Gasteiger partial charge in [-0.3, -0.25) is 0 Å². The Labute approximate surface area is 158 Å². The molecule has 142 valence electrons. The van der Waals surface area contributed by atoms with Crippen LogP contribution in [0.3, 0.4) is 0 Å². The van der Waals surface area contributed by atoms with Gasteiger partial charge in [0.25, 0.3) is 0 Å². The van der Waals surface area contributed by atoms with Gasteiger partial charge in [0.2, 0.25) is 0 Å². The predicted octanol–water partition coefficient (Wildman–Crippen LogP) is 5.78. The van der Waals surface area contributed by atoms with Crippen molar-refractivity contribution in [1.82, 2.24) is 0 Å². The molecule has 0 aliphatic rings. The Morgan fingerprint density at radius 3 is 1.62 bits per heavy atom. The number of ether oxygens (including phenoxy) is 3. The first-order valence-electron chi connectivity index (χ1n) is 9.08. The molecule has 0 aliphatic heterocycles. The van der Waals surface area contributed by atoms with Crippen molar-refractivity contribution >= 4 is 0 Å². The van der Waals surface area contributed by atoms with Crippen molar-refractivity contribution in [3.8, 4) is 17.2 Å². The van der Waals surface area contributed by atoms with Crippen LogP contribution in [-0.2, 0) is 12.8 Å². The van der Waals surface area contributed by atoms with Gasteiger partial charge in [-0.25, -0.2) is 0 Å². The summed E-state index contributed by atoms with van der Waals surface area (Å²) < 4.78 is 15.9. The third-order valence-electron chi connectivity index (χ3n) is 3.78. The molecule has 2 aromatic rings. The Hall–Kier alpha value is -2.42. The first-order valence-corrected chi connectivity index (χ1v) is 9.08. The largest absolute Gasteiger partial charge is 0.496 e. The fourth-order valence-corrected chi connectivity index (χ4v) is 2.51. The molecule has 3 heteroatoms. The molecule has 0 unspecified atom stereocenters. The molecule has 3 nitrogen and oxygen atoms in total. The Bertz CT molecular complexity index is 690. The van der Waals surface area contributed by atoms with Gasteiger partial charge in [-0.05, 0) is 54.7 Å². The molecule has 0 saturated heterocycles. The van der Waals surface area contributed by atoms with E-state index in [1.54, 1.807) is 21.3 Å². The summed E-state index contributed by atoms with van der Waals surface area (Å²) in [5.74, 6) is 2.46. The lowest BCUT2D eigenvalue weighted by atomic mass is 10.1. The van der Waals surface area contributed by atoms with E-state index in [-0.39, 0.29) is 0 Å². The summed E-state index contributed by atoms with van der Waals surface area (Å²) in [7, 11) is 5.00. The van der Waals surface area contributed by atoms with Crippen LogP contribution in [0.2, 0.25) is 0 Å². The van der Waals surface area contributed by atoms with E-state index in [1.165, 1.54) is 23.1 Å². The second-order valence-corrected chi connectivity index (χ2v) is 6.08. The summed E-state index contributed by atoms with van der Waals surface area (Å²) >= 11 is 0. The minimum atomic E-state index is 0.758. The van der Waals surface area contributed by atoms with Gasteiger partial charge in [0, 0.05) is 0 Å². The summed E-state index contributed by atoms with van der Waals surface area (Å²) in [5.41, 5.74) is 3.65. The molecule has 0 aromatic heterocycles. The number of aryl methyl sites for hydroxylation is 1. The summed E-state index contributed by atoms with van der Waals surface area (Å²) in [6.45, 7) is 6.32. The van der Waals surface area contributed by atoms with Gasteiger partial charge in [-0.15, -0.1) is 0 Å². The second-order valence-electron chi connectivity index (χ2n) is 6.08. The van der Waals surface area contributed by atoms with E-state index in [0.29, 0.717) is 0 Å². The summed E-state index contributed by atoms with van der Waals surface area (Å²) in [6, 6.07) is 12.3. The molecular weight excluding hydrogens is 324 g/mol. The highest BCUT2D eigenvalue weighted by Gasteiger charge is 2.03. The third-order valence-corrected chi connectivity index (χ3v) is 3.78. The number of hydrogen-bond donors (Lipinski definition) is 0. The fourth-order valence-electron chi connectivity index (χ4n) is 2.51. The highest BCUT2D eigenvalue weighted by molar-refractivity contribution is 5.43. The highest BCUT2D eigenvalue weighted by atomic mass is 16.5. The van der Waals surface area contributed by atoms with Crippen LogP contribution in [0.1, 0.15) is 37.0 Å². The molecule has 0 atom stereocenters. The number of allylic oxidation sites excluding steroid dienone is 2. The van der Waals surface area contributed by atoms with Crippen molar-refractivity contribution in [3.63, 3.8) is 0 Å². The Morgan fingerprint density at radius 1 is 0.692 bits per heavy atom. The minimum absolute atomic E-state index is 0.758. The van der Waals surface area contributed by atoms with Crippen molar-refractivity contribution in [2.45, 2.75) is 40.0 Å². The second kappa shape index (κ2) is 12.0. The molecule has 2 rings (SSSR count). The van der Waals surface area contributed by atoms with Crippen molar-refractivity contribution in [2.75, 3.05) is 21.3 Å². The first kappa shape index (κ1) is 21.6. The van der Waals surface area contributed by atoms with Gasteiger partial charge in [-0.1, -0.05) is 50.6 Å². The van der Waals surface area contributed by atoms with Gasteiger partial charge in [0.15, 0.2) is 11.5 Å². The molecule has 2 aromatic carbocycles. The standard InChI is InChI=1S/C20H24O3.C3H8/c1-15-13-16(9-11-18(15)21-2)7-5-6-8-17-10-12-19(22-3)20(14-17)23-4;1-3-2/h5-6,9-14H,7-8H2,1-4H3;3H2,1-2H3/b6-5-;. The van der Waals surface area contributed by atoms with E-state index >= 15 is 0 Å². The fraction of sp³-hybridized carbons (Fsp3) is 0.391. The maximum Gasteiger partial charge on any atom is 0.160 e. The molecule has 0 heterocycles. The molecule has 0 spiro atoms. The molecular formula is C23H32O3. The van der Waals surface area contributed by atoms with Gasteiger partial charge in [0.1, 0.15) is 5.75 Å². The normalized spacial score (nSPS) is 10.2. The zero-order valence-corrected chi connectivity index (χ0v) is 17.0. The van der Waals surface area contributed by atoms with E-state index in [0.717, 1.165) is 30.1 Å². The first-order chi connectivity index (χ1) is 12.6. The van der Waals surface area contributed by atoms with Crippen molar-refractivity contribution < 1.29 is 14.2 Å². The Morgan fingerprint density at radius 2 is 1.15 bits per heavy atom. The van der Waals surface area contributed by atoms with Crippen LogP contribution in [0.15, 0.2) is 48.6 Å². The van der Waals surface area contributed by atoms with E-state index in [4.69, 9.17) is 14.2 Å². The molecule has 0 N–H and O–H groups in total. The molecule has 0 bridgehead atoms. The van der Waals surface area contributed by atoms with Gasteiger partial charge >= 0.3 is 0 Å². The van der Waals surface area contributed by atoms with E-state index in [2.05, 4.69) is 51.1 Å². The average Bonchev–Trinajstić information content (AvgIpc) is 2.65. The minimum Gasteiger partial charge on any atom is -0.496 e. The van der Waals surface area contributed by atoms with Gasteiger partial charge in [-0.2, -0.15) is 0 Å². The SMILES string of the molecule is CCC.COc1ccc(C/C=C\Cc2ccc(OC)c(OC)c2)cc1C. The van der Waals surface area contributed by atoms with Crippen LogP contribution in [-0.4, -0.2) is 21.3 Å². The van der Waals surface area contributed by atoms with Crippen LogP contribution < -0.4 is 14.2 Å². The summed E-state index contributed by atoms with van der Waals surface area (Å²) in [6.07, 6.45) is 7.41. The molecule has 0 fully saturated rings.